The van der Waals surface area contributed by atoms with Crippen LogP contribution in [0.4, 0.5) is 8.78 Å². The van der Waals surface area contributed by atoms with E-state index < -0.39 is 11.7 Å². The van der Waals surface area contributed by atoms with Crippen LogP contribution in [0.25, 0.3) is 0 Å². The number of allylic oxidation sites excluding steroid dienone is 2. The molecule has 0 aliphatic rings. The zero-order chi connectivity index (χ0) is 7.49. The van der Waals surface area contributed by atoms with Crippen LogP contribution >= 0.6 is 0 Å². The largest absolute Gasteiger partial charge is 0.506 e. The number of alkyl halides is 2. The highest BCUT2D eigenvalue weighted by molar-refractivity contribution is 5.12. The second-order valence-electron chi connectivity index (χ2n) is 1.55. The molecular weight excluding hydrogens is 128 g/mol. The van der Waals surface area contributed by atoms with Crippen molar-refractivity contribution in [1.82, 2.24) is 0 Å². The van der Waals surface area contributed by atoms with Gasteiger partial charge in [-0.1, -0.05) is 0 Å². The molecular formula is C5H5F2NO. The second kappa shape index (κ2) is 2.44. The van der Waals surface area contributed by atoms with Gasteiger partial charge in [-0.3, -0.25) is 0 Å². The van der Waals surface area contributed by atoms with Crippen molar-refractivity contribution in [3.63, 3.8) is 0 Å². The third-order valence-corrected chi connectivity index (χ3v) is 0.651. The maximum atomic E-state index is 11.8. The van der Waals surface area contributed by atoms with Gasteiger partial charge in [0.2, 0.25) is 0 Å². The van der Waals surface area contributed by atoms with Gasteiger partial charge in [-0.15, -0.1) is 0 Å². The summed E-state index contributed by atoms with van der Waals surface area (Å²) in [6.07, 6.45) is 0.403. The van der Waals surface area contributed by atoms with Gasteiger partial charge in [0.25, 0.3) is 0 Å². The van der Waals surface area contributed by atoms with Crippen LogP contribution in [0.3, 0.4) is 0 Å². The molecule has 0 aliphatic carbocycles. The Bertz CT molecular complexity index is 163. The van der Waals surface area contributed by atoms with Gasteiger partial charge < -0.3 is 5.11 Å². The molecule has 0 heterocycles. The minimum absolute atomic E-state index is 0.403. The number of nitrogens with zero attached hydrogens (tertiary/aromatic N) is 1. The van der Waals surface area contributed by atoms with Crippen molar-refractivity contribution in [2.75, 3.05) is 0 Å². The van der Waals surface area contributed by atoms with Gasteiger partial charge in [0, 0.05) is 6.92 Å². The number of hydrogen-bond donors (Lipinski definition) is 1. The van der Waals surface area contributed by atoms with E-state index in [2.05, 4.69) is 0 Å². The first kappa shape index (κ1) is 7.89. The number of aliphatic hydroxyl groups is 1. The van der Waals surface area contributed by atoms with Crippen LogP contribution in [0.5, 0.6) is 0 Å². The van der Waals surface area contributed by atoms with Crippen molar-refractivity contribution in [3.05, 3.63) is 11.8 Å². The van der Waals surface area contributed by atoms with Crippen molar-refractivity contribution in [2.45, 2.75) is 12.8 Å². The zero-order valence-electron chi connectivity index (χ0n) is 4.73. The predicted molar refractivity (Wildman–Crippen MR) is 26.9 cm³/mol. The third kappa shape index (κ3) is 2.65. The summed E-state index contributed by atoms with van der Waals surface area (Å²) in [5, 5.41) is 16.1. The Morgan fingerprint density at radius 2 is 2.22 bits per heavy atom. The Morgan fingerprint density at radius 3 is 2.33 bits per heavy atom. The molecule has 0 saturated heterocycles. The van der Waals surface area contributed by atoms with E-state index in [0.717, 1.165) is 0 Å². The highest BCUT2D eigenvalue weighted by Gasteiger charge is 2.26. The Labute approximate surface area is 51.0 Å². The fourth-order valence-corrected chi connectivity index (χ4v) is 0.188. The summed E-state index contributed by atoms with van der Waals surface area (Å²) < 4.78 is 23.7. The lowest BCUT2D eigenvalue weighted by atomic mass is 10.3. The van der Waals surface area contributed by atoms with Crippen LogP contribution in [-0.4, -0.2) is 11.0 Å². The summed E-state index contributed by atoms with van der Waals surface area (Å²) in [6.45, 7) is 0.510. The van der Waals surface area contributed by atoms with Gasteiger partial charge >= 0.3 is 5.92 Å². The van der Waals surface area contributed by atoms with E-state index in [9.17, 15) is 8.78 Å². The Hall–Kier alpha value is -1.11. The normalized spacial score (nSPS) is 12.9. The van der Waals surface area contributed by atoms with Crippen molar-refractivity contribution >= 4 is 0 Å². The molecule has 9 heavy (non-hydrogen) atoms. The number of halogens is 2. The number of rotatable bonds is 1. The van der Waals surface area contributed by atoms with Crippen LogP contribution in [0.2, 0.25) is 0 Å². The standard InChI is InChI=1S/C5H5F2NO/c1-5(6,7)4(9)2-3-8/h2,9H,1H3/b4-2-. The predicted octanol–water partition coefficient (Wildman–Crippen LogP) is 1.61. The number of nitriles is 1. The van der Waals surface area contributed by atoms with E-state index in [-0.39, 0.29) is 0 Å². The highest BCUT2D eigenvalue weighted by atomic mass is 19.3. The topological polar surface area (TPSA) is 44.0 Å². The molecule has 0 saturated carbocycles. The molecule has 2 nitrogen and oxygen atoms in total. The van der Waals surface area contributed by atoms with Gasteiger partial charge in [0.15, 0.2) is 5.76 Å². The van der Waals surface area contributed by atoms with Crippen molar-refractivity contribution < 1.29 is 13.9 Å². The molecule has 0 aromatic carbocycles. The molecule has 0 aromatic heterocycles. The van der Waals surface area contributed by atoms with Gasteiger partial charge in [-0.2, -0.15) is 14.0 Å². The van der Waals surface area contributed by atoms with Crippen LogP contribution in [0, 0.1) is 11.3 Å². The van der Waals surface area contributed by atoms with Crippen LogP contribution in [-0.2, 0) is 0 Å². The fraction of sp³-hybridized carbons (Fsp3) is 0.400. The summed E-state index contributed by atoms with van der Waals surface area (Å²) in [6, 6.07) is 1.28. The van der Waals surface area contributed by atoms with Gasteiger partial charge in [-0.05, 0) is 0 Å². The molecule has 0 amide bonds. The monoisotopic (exact) mass is 133 g/mol. The second-order valence-corrected chi connectivity index (χ2v) is 1.55. The molecule has 0 rings (SSSR count). The lowest BCUT2D eigenvalue weighted by molar-refractivity contribution is 0.0189. The first-order valence-electron chi connectivity index (χ1n) is 2.15. The van der Waals surface area contributed by atoms with Gasteiger partial charge in [-0.25, -0.2) is 0 Å². The van der Waals surface area contributed by atoms with E-state index in [1.54, 1.807) is 0 Å². The Balaban J connectivity index is 4.25. The molecule has 4 heteroatoms. The lowest BCUT2D eigenvalue weighted by Crippen LogP contribution is -2.12. The quantitative estimate of drug-likeness (QED) is 0.436. The zero-order valence-corrected chi connectivity index (χ0v) is 4.73. The molecule has 0 bridgehead atoms. The molecule has 0 radical (unpaired) electrons. The summed E-state index contributed by atoms with van der Waals surface area (Å²) in [5.41, 5.74) is 0. The average molecular weight is 133 g/mol. The van der Waals surface area contributed by atoms with E-state index in [4.69, 9.17) is 10.4 Å². The fourth-order valence-electron chi connectivity index (χ4n) is 0.188. The third-order valence-electron chi connectivity index (χ3n) is 0.651. The maximum Gasteiger partial charge on any atom is 0.301 e. The molecule has 1 N–H and O–H groups in total. The molecule has 0 spiro atoms. The SMILES string of the molecule is CC(F)(F)/C(O)=C/C#N. The molecule has 0 aliphatic heterocycles. The Morgan fingerprint density at radius 1 is 1.78 bits per heavy atom. The van der Waals surface area contributed by atoms with Crippen molar-refractivity contribution in [1.29, 1.82) is 5.26 Å². The molecule has 0 unspecified atom stereocenters. The summed E-state index contributed by atoms with van der Waals surface area (Å²) in [5.74, 6) is -4.50. The molecule has 0 fully saturated rings. The smallest absolute Gasteiger partial charge is 0.301 e. The summed E-state index contributed by atoms with van der Waals surface area (Å²) in [4.78, 5) is 0. The first-order valence-corrected chi connectivity index (χ1v) is 2.15. The van der Waals surface area contributed by atoms with Crippen molar-refractivity contribution in [3.8, 4) is 6.07 Å². The molecule has 0 atom stereocenters. The minimum atomic E-state index is -3.30. The lowest BCUT2D eigenvalue weighted by Gasteiger charge is -2.05. The van der Waals surface area contributed by atoms with Crippen molar-refractivity contribution in [2.24, 2.45) is 0 Å². The number of aliphatic hydroxyl groups excluding tert-OH is 1. The minimum Gasteiger partial charge on any atom is -0.506 e. The van der Waals surface area contributed by atoms with Crippen LogP contribution in [0.1, 0.15) is 6.92 Å². The first-order chi connectivity index (χ1) is 3.98. The Kier molecular flexibility index (Phi) is 2.14. The van der Waals surface area contributed by atoms with Crippen LogP contribution in [0.15, 0.2) is 11.8 Å². The maximum absolute atomic E-state index is 11.8. The van der Waals surface area contributed by atoms with E-state index >= 15 is 0 Å². The van der Waals surface area contributed by atoms with Crippen LogP contribution < -0.4 is 0 Å². The van der Waals surface area contributed by atoms with E-state index in [1.165, 1.54) is 6.07 Å². The van der Waals surface area contributed by atoms with Gasteiger partial charge in [0.1, 0.15) is 0 Å². The molecule has 0 aromatic rings. The molecule has 50 valence electrons. The van der Waals surface area contributed by atoms with E-state index in [0.29, 0.717) is 13.0 Å². The average Bonchev–Trinajstić information content (AvgIpc) is 1.64. The highest BCUT2D eigenvalue weighted by Crippen LogP contribution is 2.19. The summed E-state index contributed by atoms with van der Waals surface area (Å²) in [7, 11) is 0. The van der Waals surface area contributed by atoms with Gasteiger partial charge in [0.05, 0.1) is 12.1 Å². The van der Waals surface area contributed by atoms with E-state index in [1.807, 2.05) is 0 Å². The summed E-state index contributed by atoms with van der Waals surface area (Å²) >= 11 is 0. The number of hydrogen-bond acceptors (Lipinski definition) is 2.